The fourth-order valence-corrected chi connectivity index (χ4v) is 1.28. The highest BCUT2D eigenvalue weighted by Crippen LogP contribution is 2.28. The van der Waals surface area contributed by atoms with E-state index in [4.69, 9.17) is 16.7 Å². The van der Waals surface area contributed by atoms with Crippen LogP contribution >= 0.6 is 11.6 Å². The Bertz CT molecular complexity index is 416. The average Bonchev–Trinajstić information content (AvgIpc) is 2.21. The van der Waals surface area contributed by atoms with Gasteiger partial charge in [0.25, 0.3) is 0 Å². The minimum absolute atomic E-state index is 0.673. The number of rotatable bonds is 3. The van der Waals surface area contributed by atoms with Gasteiger partial charge in [-0.25, -0.2) is 0 Å². The van der Waals surface area contributed by atoms with Crippen LogP contribution in [-0.4, -0.2) is 11.1 Å². The summed E-state index contributed by atoms with van der Waals surface area (Å²) in [5, 5.41) is 9.75. The third-order valence-electron chi connectivity index (χ3n) is 2.77. The van der Waals surface area contributed by atoms with E-state index in [1.807, 2.05) is 25.1 Å². The van der Waals surface area contributed by atoms with Gasteiger partial charge in [0.05, 0.1) is 5.41 Å². The predicted octanol–water partition coefficient (Wildman–Crippen LogP) is 3.85. The van der Waals surface area contributed by atoms with E-state index < -0.39 is 11.4 Å². The molecule has 0 saturated heterocycles. The van der Waals surface area contributed by atoms with Crippen molar-refractivity contribution < 1.29 is 9.90 Å². The second kappa shape index (κ2) is 4.71. The summed E-state index contributed by atoms with van der Waals surface area (Å²) in [4.78, 5) is 11.0. The number of carboxylic acid groups (broad SMARTS) is 1. The van der Waals surface area contributed by atoms with Gasteiger partial charge in [0.2, 0.25) is 0 Å². The van der Waals surface area contributed by atoms with Gasteiger partial charge in [0.15, 0.2) is 0 Å². The van der Waals surface area contributed by atoms with Crippen LogP contribution in [0.3, 0.4) is 0 Å². The molecule has 86 valence electrons. The Morgan fingerprint density at radius 2 is 1.81 bits per heavy atom. The van der Waals surface area contributed by atoms with Gasteiger partial charge in [-0.3, -0.25) is 4.79 Å². The molecule has 0 fully saturated rings. The second-order valence-electron chi connectivity index (χ2n) is 4.31. The first kappa shape index (κ1) is 12.8. The molecule has 0 amide bonds. The first-order chi connectivity index (χ1) is 7.34. The number of aliphatic carboxylic acids is 1. The van der Waals surface area contributed by atoms with Crippen molar-refractivity contribution in [1.29, 1.82) is 0 Å². The normalized spacial score (nSPS) is 12.6. The maximum Gasteiger partial charge on any atom is 0.313 e. The van der Waals surface area contributed by atoms with Gasteiger partial charge < -0.3 is 5.11 Å². The van der Waals surface area contributed by atoms with Crippen molar-refractivity contribution in [1.82, 2.24) is 0 Å². The summed E-state index contributed by atoms with van der Waals surface area (Å²) in [5.41, 5.74) is 0.915. The lowest BCUT2D eigenvalue weighted by Crippen LogP contribution is -2.24. The molecule has 1 aromatic carbocycles. The van der Waals surface area contributed by atoms with Crippen LogP contribution < -0.4 is 0 Å². The van der Waals surface area contributed by atoms with Gasteiger partial charge in [-0.05, 0) is 38.5 Å². The number of hydrogen-bond acceptors (Lipinski definition) is 1. The number of benzene rings is 1. The van der Waals surface area contributed by atoms with Crippen molar-refractivity contribution in [2.24, 2.45) is 5.41 Å². The second-order valence-corrected chi connectivity index (χ2v) is 4.75. The standard InChI is InChI=1S/C13H15ClO2/c1-9(13(2,3)12(15)16)8-10-4-6-11(14)7-5-10/h4-8H,1-3H3,(H,15,16)/b9-8-. The van der Waals surface area contributed by atoms with Crippen LogP contribution in [0.4, 0.5) is 0 Å². The molecule has 1 aromatic rings. The fraction of sp³-hybridized carbons (Fsp3) is 0.308. The van der Waals surface area contributed by atoms with Crippen LogP contribution in [0, 0.1) is 5.41 Å². The zero-order chi connectivity index (χ0) is 12.3. The minimum Gasteiger partial charge on any atom is -0.481 e. The molecule has 0 bridgehead atoms. The van der Waals surface area contributed by atoms with E-state index in [9.17, 15) is 4.79 Å². The molecule has 0 unspecified atom stereocenters. The molecule has 0 heterocycles. The molecule has 1 rings (SSSR count). The lowest BCUT2D eigenvalue weighted by molar-refractivity contribution is -0.144. The maximum absolute atomic E-state index is 11.0. The zero-order valence-electron chi connectivity index (χ0n) is 9.62. The fourth-order valence-electron chi connectivity index (χ4n) is 1.16. The van der Waals surface area contributed by atoms with Crippen LogP contribution in [0.5, 0.6) is 0 Å². The van der Waals surface area contributed by atoms with Crippen LogP contribution in [0.15, 0.2) is 29.8 Å². The summed E-state index contributed by atoms with van der Waals surface area (Å²) in [7, 11) is 0. The van der Waals surface area contributed by atoms with E-state index in [-0.39, 0.29) is 0 Å². The molecule has 0 saturated carbocycles. The molecule has 0 aromatic heterocycles. The quantitative estimate of drug-likeness (QED) is 0.868. The Labute approximate surface area is 101 Å². The molecule has 0 radical (unpaired) electrons. The highest BCUT2D eigenvalue weighted by molar-refractivity contribution is 6.30. The first-order valence-corrected chi connectivity index (χ1v) is 5.39. The van der Waals surface area contributed by atoms with E-state index in [0.717, 1.165) is 11.1 Å². The van der Waals surface area contributed by atoms with E-state index in [0.29, 0.717) is 5.02 Å². The third kappa shape index (κ3) is 2.86. The first-order valence-electron chi connectivity index (χ1n) is 5.02. The average molecular weight is 239 g/mol. The van der Waals surface area contributed by atoms with Crippen molar-refractivity contribution in [2.75, 3.05) is 0 Å². The Kier molecular flexibility index (Phi) is 3.76. The van der Waals surface area contributed by atoms with Crippen molar-refractivity contribution in [3.8, 4) is 0 Å². The highest BCUT2D eigenvalue weighted by atomic mass is 35.5. The van der Waals surface area contributed by atoms with E-state index in [2.05, 4.69) is 0 Å². The summed E-state index contributed by atoms with van der Waals surface area (Å²) in [5.74, 6) is -0.824. The van der Waals surface area contributed by atoms with Gasteiger partial charge in [-0.2, -0.15) is 0 Å². The molecule has 16 heavy (non-hydrogen) atoms. The van der Waals surface area contributed by atoms with E-state index in [1.165, 1.54) is 0 Å². The maximum atomic E-state index is 11.0. The zero-order valence-corrected chi connectivity index (χ0v) is 10.4. The van der Waals surface area contributed by atoms with Crippen molar-refractivity contribution in [3.05, 3.63) is 40.4 Å². The third-order valence-corrected chi connectivity index (χ3v) is 3.03. The van der Waals surface area contributed by atoms with Crippen molar-refractivity contribution in [2.45, 2.75) is 20.8 Å². The summed E-state index contributed by atoms with van der Waals surface area (Å²) >= 11 is 5.77. The molecular weight excluding hydrogens is 224 g/mol. The van der Waals surface area contributed by atoms with Crippen molar-refractivity contribution in [3.63, 3.8) is 0 Å². The molecule has 2 nitrogen and oxygen atoms in total. The van der Waals surface area contributed by atoms with E-state index in [1.54, 1.807) is 26.0 Å². The van der Waals surface area contributed by atoms with Crippen molar-refractivity contribution >= 4 is 23.6 Å². The Hall–Kier alpha value is -1.28. The molecule has 0 aliphatic heterocycles. The number of halogens is 1. The molecule has 0 aliphatic carbocycles. The molecule has 1 N–H and O–H groups in total. The summed E-state index contributed by atoms with van der Waals surface area (Å²) < 4.78 is 0. The van der Waals surface area contributed by atoms with Gasteiger partial charge in [0.1, 0.15) is 0 Å². The molecule has 0 atom stereocenters. The molecule has 0 spiro atoms. The lowest BCUT2D eigenvalue weighted by atomic mass is 9.84. The predicted molar refractivity (Wildman–Crippen MR) is 66.5 cm³/mol. The number of carboxylic acids is 1. The van der Waals surface area contributed by atoms with Gasteiger partial charge in [-0.15, -0.1) is 0 Å². The molecular formula is C13H15ClO2. The van der Waals surface area contributed by atoms with Gasteiger partial charge in [0, 0.05) is 5.02 Å². The summed E-state index contributed by atoms with van der Waals surface area (Å²) in [6, 6.07) is 7.30. The Morgan fingerprint density at radius 1 is 1.31 bits per heavy atom. The van der Waals surface area contributed by atoms with Gasteiger partial charge >= 0.3 is 5.97 Å². The lowest BCUT2D eigenvalue weighted by Gasteiger charge is -2.20. The smallest absolute Gasteiger partial charge is 0.313 e. The number of hydrogen-bond donors (Lipinski definition) is 1. The Balaban J connectivity index is 3.01. The highest BCUT2D eigenvalue weighted by Gasteiger charge is 2.28. The number of carbonyl (C=O) groups is 1. The molecule has 0 aliphatic rings. The minimum atomic E-state index is -0.848. The Morgan fingerprint density at radius 3 is 2.25 bits per heavy atom. The van der Waals surface area contributed by atoms with Gasteiger partial charge in [-0.1, -0.05) is 35.4 Å². The van der Waals surface area contributed by atoms with E-state index >= 15 is 0 Å². The summed E-state index contributed by atoms with van der Waals surface area (Å²) in [6.07, 6.45) is 1.87. The monoisotopic (exact) mass is 238 g/mol. The van der Waals surface area contributed by atoms with Crippen LogP contribution in [-0.2, 0) is 4.79 Å². The topological polar surface area (TPSA) is 37.3 Å². The SMILES string of the molecule is C/C(=C/c1ccc(Cl)cc1)C(C)(C)C(=O)O. The van der Waals surface area contributed by atoms with Crippen LogP contribution in [0.1, 0.15) is 26.3 Å². The van der Waals surface area contributed by atoms with Crippen LogP contribution in [0.25, 0.3) is 6.08 Å². The molecule has 3 heteroatoms. The summed E-state index contributed by atoms with van der Waals surface area (Å²) in [6.45, 7) is 5.21. The van der Waals surface area contributed by atoms with Crippen LogP contribution in [0.2, 0.25) is 5.02 Å². The largest absolute Gasteiger partial charge is 0.481 e.